The Hall–Kier alpha value is -2.52. The summed E-state index contributed by atoms with van der Waals surface area (Å²) in [6, 6.07) is 9.65. The van der Waals surface area contributed by atoms with Crippen LogP contribution in [0.15, 0.2) is 30.3 Å². The maximum absolute atomic E-state index is 12.4. The summed E-state index contributed by atoms with van der Waals surface area (Å²) in [6.07, 6.45) is -9.23. The molecule has 0 aliphatic rings. The lowest BCUT2D eigenvalue weighted by Crippen LogP contribution is -2.51. The topological polar surface area (TPSA) is 142 Å². The number of amides is 1. The van der Waals surface area contributed by atoms with Crippen LogP contribution < -0.4 is 16.4 Å². The van der Waals surface area contributed by atoms with Gasteiger partial charge in [-0.05, 0) is 11.5 Å². The van der Waals surface area contributed by atoms with Crippen molar-refractivity contribution in [2.45, 2.75) is 51.2 Å². The fourth-order valence-corrected chi connectivity index (χ4v) is 2.15. The molecule has 1 amide bonds. The molecule has 15 heteroatoms. The Balaban J connectivity index is 0. The summed E-state index contributed by atoms with van der Waals surface area (Å²) in [4.78, 5) is 30.2. The first-order chi connectivity index (χ1) is 16.0. The minimum absolute atomic E-state index is 0.0274. The number of hydrogen-bond donors (Lipinski definition) is 6. The number of carboxylic acid groups (broad SMARTS) is 2. The Labute approximate surface area is 203 Å². The molecule has 0 aliphatic heterocycles. The molecule has 202 valence electrons. The summed E-state index contributed by atoms with van der Waals surface area (Å²) >= 11 is 4.17. The molecule has 0 aromatic heterocycles. The number of halogens is 6. The van der Waals surface area contributed by atoms with E-state index in [1.807, 2.05) is 30.3 Å². The lowest BCUT2D eigenvalue weighted by Gasteiger charge is -2.25. The van der Waals surface area contributed by atoms with Crippen LogP contribution >= 0.6 is 12.6 Å². The number of aliphatic carboxylic acids is 2. The fraction of sp³-hybridized carbons (Fsp3) is 0.550. The van der Waals surface area contributed by atoms with E-state index in [4.69, 9.17) is 25.5 Å². The Morgan fingerprint density at radius 3 is 1.77 bits per heavy atom. The van der Waals surface area contributed by atoms with Crippen molar-refractivity contribution in [3.8, 4) is 0 Å². The first-order valence-corrected chi connectivity index (χ1v) is 10.6. The van der Waals surface area contributed by atoms with Crippen molar-refractivity contribution in [2.75, 3.05) is 12.3 Å². The van der Waals surface area contributed by atoms with E-state index in [-0.39, 0.29) is 23.9 Å². The molecule has 3 atom stereocenters. The molecule has 0 heterocycles. The van der Waals surface area contributed by atoms with E-state index in [9.17, 15) is 31.1 Å². The van der Waals surface area contributed by atoms with Crippen LogP contribution in [-0.2, 0) is 20.9 Å². The molecular formula is C20H29F6N3O5S. The molecule has 0 radical (unpaired) electrons. The van der Waals surface area contributed by atoms with Gasteiger partial charge in [0.1, 0.15) is 0 Å². The van der Waals surface area contributed by atoms with Crippen LogP contribution in [-0.4, -0.2) is 64.8 Å². The van der Waals surface area contributed by atoms with Gasteiger partial charge in [-0.15, -0.1) is 0 Å². The molecule has 0 spiro atoms. The smallest absolute Gasteiger partial charge is 0.475 e. The molecule has 35 heavy (non-hydrogen) atoms. The number of alkyl halides is 6. The Morgan fingerprint density at radius 2 is 1.43 bits per heavy atom. The highest BCUT2D eigenvalue weighted by atomic mass is 32.1. The molecule has 0 saturated carbocycles. The second kappa shape index (κ2) is 17.0. The van der Waals surface area contributed by atoms with Gasteiger partial charge in [0, 0.05) is 24.9 Å². The number of benzene rings is 1. The largest absolute Gasteiger partial charge is 0.490 e. The van der Waals surface area contributed by atoms with Gasteiger partial charge in [0.15, 0.2) is 0 Å². The molecular weight excluding hydrogens is 508 g/mol. The highest BCUT2D eigenvalue weighted by Crippen LogP contribution is 2.13. The summed E-state index contributed by atoms with van der Waals surface area (Å²) in [5, 5.41) is 20.5. The summed E-state index contributed by atoms with van der Waals surface area (Å²) in [5.41, 5.74) is 6.96. The number of nitrogens with two attached hydrogens (primary N) is 1. The van der Waals surface area contributed by atoms with E-state index in [1.54, 1.807) is 0 Å². The van der Waals surface area contributed by atoms with Crippen molar-refractivity contribution in [3.05, 3.63) is 35.9 Å². The monoisotopic (exact) mass is 537 g/mol. The zero-order valence-corrected chi connectivity index (χ0v) is 19.8. The van der Waals surface area contributed by atoms with Crippen LogP contribution in [0.1, 0.15) is 25.8 Å². The third-order valence-electron chi connectivity index (χ3n) is 4.12. The predicted molar refractivity (Wildman–Crippen MR) is 119 cm³/mol. The fourth-order valence-electron chi connectivity index (χ4n) is 2.03. The zero-order valence-electron chi connectivity index (χ0n) is 18.9. The second-order valence-electron chi connectivity index (χ2n) is 7.02. The third kappa shape index (κ3) is 17.6. The number of carbonyl (C=O) groups is 3. The zero-order chi connectivity index (χ0) is 27.8. The SMILES string of the molecule is CC[C@H](C)[C@@H](NCC(N)CS)C(=O)NCc1ccccc1.O=C(O)C(F)(F)F.O=C(O)C(F)(F)F. The van der Waals surface area contributed by atoms with Crippen LogP contribution in [0.4, 0.5) is 26.3 Å². The number of nitrogens with one attached hydrogen (secondary N) is 2. The first kappa shape index (κ1) is 34.6. The van der Waals surface area contributed by atoms with E-state index in [0.717, 1.165) is 12.0 Å². The van der Waals surface area contributed by atoms with Gasteiger partial charge in [0.25, 0.3) is 0 Å². The maximum atomic E-state index is 12.4. The number of thiol groups is 1. The summed E-state index contributed by atoms with van der Waals surface area (Å²) in [7, 11) is 0. The van der Waals surface area contributed by atoms with E-state index >= 15 is 0 Å². The normalized spacial score (nSPS) is 13.7. The van der Waals surface area contributed by atoms with Crippen molar-refractivity contribution < 1.29 is 50.9 Å². The molecule has 0 saturated heterocycles. The summed E-state index contributed by atoms with van der Waals surface area (Å²) < 4.78 is 63.5. The van der Waals surface area contributed by atoms with Crippen molar-refractivity contribution >= 4 is 30.5 Å². The van der Waals surface area contributed by atoms with Gasteiger partial charge in [0.2, 0.25) is 5.91 Å². The van der Waals surface area contributed by atoms with E-state index in [1.165, 1.54) is 0 Å². The van der Waals surface area contributed by atoms with Gasteiger partial charge < -0.3 is 26.6 Å². The summed E-state index contributed by atoms with van der Waals surface area (Å²) in [6.45, 7) is 5.30. The lowest BCUT2D eigenvalue weighted by molar-refractivity contribution is -0.193. The summed E-state index contributed by atoms with van der Waals surface area (Å²) in [5.74, 6) is -4.63. The maximum Gasteiger partial charge on any atom is 0.490 e. The highest BCUT2D eigenvalue weighted by molar-refractivity contribution is 7.80. The molecule has 1 aromatic rings. The molecule has 1 rings (SSSR count). The van der Waals surface area contributed by atoms with Gasteiger partial charge in [0.05, 0.1) is 6.04 Å². The molecule has 0 aliphatic carbocycles. The van der Waals surface area contributed by atoms with Crippen molar-refractivity contribution in [1.82, 2.24) is 10.6 Å². The molecule has 0 bridgehead atoms. The molecule has 1 unspecified atom stereocenters. The van der Waals surface area contributed by atoms with E-state index < -0.39 is 24.3 Å². The number of carbonyl (C=O) groups excluding carboxylic acids is 1. The van der Waals surface area contributed by atoms with Gasteiger partial charge in [-0.2, -0.15) is 39.0 Å². The highest BCUT2D eigenvalue weighted by Gasteiger charge is 2.38. The van der Waals surface area contributed by atoms with Gasteiger partial charge in [-0.1, -0.05) is 50.6 Å². The van der Waals surface area contributed by atoms with Crippen LogP contribution in [0.2, 0.25) is 0 Å². The second-order valence-corrected chi connectivity index (χ2v) is 7.39. The van der Waals surface area contributed by atoms with Crippen LogP contribution in [0, 0.1) is 5.92 Å². The predicted octanol–water partition coefficient (Wildman–Crippen LogP) is 2.83. The Kier molecular flexibility index (Phi) is 16.8. The van der Waals surface area contributed by atoms with Crippen LogP contribution in [0.25, 0.3) is 0 Å². The number of carboxylic acids is 2. The van der Waals surface area contributed by atoms with Crippen molar-refractivity contribution in [3.63, 3.8) is 0 Å². The Bertz CT molecular complexity index is 742. The number of hydrogen-bond acceptors (Lipinski definition) is 6. The molecule has 0 fully saturated rings. The minimum atomic E-state index is -5.08. The first-order valence-electron chi connectivity index (χ1n) is 9.98. The molecule has 1 aromatic carbocycles. The van der Waals surface area contributed by atoms with Gasteiger partial charge >= 0.3 is 24.3 Å². The van der Waals surface area contributed by atoms with Crippen molar-refractivity contribution in [1.29, 1.82) is 0 Å². The minimum Gasteiger partial charge on any atom is -0.475 e. The van der Waals surface area contributed by atoms with E-state index in [2.05, 4.69) is 37.1 Å². The number of rotatable bonds is 9. The average molecular weight is 538 g/mol. The van der Waals surface area contributed by atoms with Crippen molar-refractivity contribution in [2.24, 2.45) is 11.7 Å². The Morgan fingerprint density at radius 1 is 1.00 bits per heavy atom. The quantitative estimate of drug-likeness (QED) is 0.210. The van der Waals surface area contributed by atoms with Crippen LogP contribution in [0.3, 0.4) is 0 Å². The van der Waals surface area contributed by atoms with Gasteiger partial charge in [-0.3, -0.25) is 4.79 Å². The van der Waals surface area contributed by atoms with E-state index in [0.29, 0.717) is 18.8 Å². The van der Waals surface area contributed by atoms with Gasteiger partial charge in [-0.25, -0.2) is 9.59 Å². The third-order valence-corrected chi connectivity index (χ3v) is 4.59. The standard InChI is InChI=1S/C16H27N3OS.2C2HF3O2/c1-3-12(2)15(18-10-14(17)11-21)16(20)19-9-13-7-5-4-6-8-13;2*3-2(4,5)1(6)7/h4-8,12,14-15,18,21H,3,9-11,17H2,1-2H3,(H,19,20);2*(H,6,7)/t12-,14?,15+;;/m0../s1. The molecule has 8 nitrogen and oxygen atoms in total. The average Bonchev–Trinajstić information content (AvgIpc) is 2.77. The lowest BCUT2D eigenvalue weighted by atomic mass is 9.98. The van der Waals surface area contributed by atoms with Crippen LogP contribution in [0.5, 0.6) is 0 Å². The molecule has 6 N–H and O–H groups in total.